The highest BCUT2D eigenvalue weighted by Gasteiger charge is 2.19. The molecule has 0 amide bonds. The van der Waals surface area contributed by atoms with Gasteiger partial charge in [0.25, 0.3) is 0 Å². The maximum atomic E-state index is 5.94. The van der Waals surface area contributed by atoms with Gasteiger partial charge in [-0.05, 0) is 12.0 Å². The average molecular weight is 213 g/mol. The highest BCUT2D eigenvalue weighted by atomic mass is 15.1. The van der Waals surface area contributed by atoms with E-state index in [1.807, 2.05) is 12.3 Å². The highest BCUT2D eigenvalue weighted by molar-refractivity contribution is 5.59. The minimum absolute atomic E-state index is 0.276. The van der Waals surface area contributed by atoms with Gasteiger partial charge in [-0.15, -0.1) is 0 Å². The third-order valence-electron chi connectivity index (χ3n) is 3.18. The van der Waals surface area contributed by atoms with Crippen molar-refractivity contribution in [3.05, 3.63) is 42.4 Å². The quantitative estimate of drug-likeness (QED) is 0.785. The van der Waals surface area contributed by atoms with Crippen LogP contribution < -0.4 is 5.73 Å². The third kappa shape index (κ3) is 1.53. The van der Waals surface area contributed by atoms with E-state index < -0.39 is 0 Å². The van der Waals surface area contributed by atoms with Crippen molar-refractivity contribution in [3.8, 4) is 11.3 Å². The van der Waals surface area contributed by atoms with Crippen LogP contribution in [0.15, 0.2) is 36.5 Å². The van der Waals surface area contributed by atoms with Gasteiger partial charge < -0.3 is 10.3 Å². The molecule has 0 bridgehead atoms. The van der Waals surface area contributed by atoms with Crippen molar-refractivity contribution >= 4 is 0 Å². The number of aromatic nitrogens is 2. The first kappa shape index (κ1) is 9.60. The van der Waals surface area contributed by atoms with E-state index in [1.165, 1.54) is 11.3 Å². The monoisotopic (exact) mass is 213 g/mol. The van der Waals surface area contributed by atoms with E-state index in [1.54, 1.807) is 0 Å². The summed E-state index contributed by atoms with van der Waals surface area (Å²) in [6.07, 6.45) is 3.90. The van der Waals surface area contributed by atoms with E-state index in [9.17, 15) is 0 Å². The predicted octanol–water partition coefficient (Wildman–Crippen LogP) is 1.82. The van der Waals surface area contributed by atoms with Crippen molar-refractivity contribution in [2.24, 2.45) is 5.73 Å². The fourth-order valence-electron chi connectivity index (χ4n) is 2.30. The number of imidazole rings is 1. The van der Waals surface area contributed by atoms with Gasteiger partial charge in [-0.2, -0.15) is 0 Å². The number of hydrogen-bond acceptors (Lipinski definition) is 2. The van der Waals surface area contributed by atoms with E-state index in [4.69, 9.17) is 5.73 Å². The van der Waals surface area contributed by atoms with E-state index >= 15 is 0 Å². The summed E-state index contributed by atoms with van der Waals surface area (Å²) in [5.41, 5.74) is 8.39. The first-order valence-electron chi connectivity index (χ1n) is 5.70. The second-order valence-electron chi connectivity index (χ2n) is 4.33. The molecule has 1 aromatic carbocycles. The Morgan fingerprint density at radius 2 is 2.06 bits per heavy atom. The Morgan fingerprint density at radius 3 is 2.88 bits per heavy atom. The summed E-state index contributed by atoms with van der Waals surface area (Å²) in [5, 5.41) is 0. The molecule has 0 spiro atoms. The topological polar surface area (TPSA) is 43.8 Å². The Balaban J connectivity index is 2.04. The van der Waals surface area contributed by atoms with Gasteiger partial charge in [0.15, 0.2) is 0 Å². The van der Waals surface area contributed by atoms with Crippen molar-refractivity contribution < 1.29 is 0 Å². The van der Waals surface area contributed by atoms with E-state index in [-0.39, 0.29) is 6.04 Å². The molecule has 16 heavy (non-hydrogen) atoms. The minimum atomic E-state index is 0.276. The number of rotatable bonds is 1. The molecular formula is C13H15N3. The van der Waals surface area contributed by atoms with Crippen molar-refractivity contribution in [1.29, 1.82) is 0 Å². The summed E-state index contributed by atoms with van der Waals surface area (Å²) in [5.74, 6) is 1.12. The summed E-state index contributed by atoms with van der Waals surface area (Å²) >= 11 is 0. The Labute approximate surface area is 94.9 Å². The van der Waals surface area contributed by atoms with Gasteiger partial charge in [-0.25, -0.2) is 4.98 Å². The third-order valence-corrected chi connectivity index (χ3v) is 3.18. The lowest BCUT2D eigenvalue weighted by Gasteiger charge is -2.21. The molecule has 2 aromatic rings. The van der Waals surface area contributed by atoms with Crippen molar-refractivity contribution in [3.63, 3.8) is 0 Å². The summed E-state index contributed by atoms with van der Waals surface area (Å²) in [6, 6.07) is 10.7. The van der Waals surface area contributed by atoms with E-state index in [2.05, 4.69) is 33.8 Å². The second-order valence-corrected chi connectivity index (χ2v) is 4.33. The molecule has 1 aliphatic heterocycles. The van der Waals surface area contributed by atoms with Gasteiger partial charge in [0, 0.05) is 19.0 Å². The van der Waals surface area contributed by atoms with Gasteiger partial charge in [0.05, 0.1) is 11.9 Å². The fraction of sp³-hybridized carbons (Fsp3) is 0.308. The van der Waals surface area contributed by atoms with Gasteiger partial charge >= 0.3 is 0 Å². The Morgan fingerprint density at radius 1 is 1.25 bits per heavy atom. The maximum Gasteiger partial charge on any atom is 0.110 e. The van der Waals surface area contributed by atoms with Gasteiger partial charge in [-0.1, -0.05) is 30.3 Å². The summed E-state index contributed by atoms with van der Waals surface area (Å²) in [7, 11) is 0. The lowest BCUT2D eigenvalue weighted by molar-refractivity contribution is 0.466. The minimum Gasteiger partial charge on any atom is -0.328 e. The van der Waals surface area contributed by atoms with Crippen molar-refractivity contribution in [1.82, 2.24) is 9.55 Å². The maximum absolute atomic E-state index is 5.94. The molecule has 1 atom stereocenters. The standard InChI is InChI=1S/C13H15N3/c14-11-6-7-16-12(9-15-13(16)8-11)10-4-2-1-3-5-10/h1-5,9,11H,6-8,14H2. The smallest absolute Gasteiger partial charge is 0.110 e. The molecular weight excluding hydrogens is 198 g/mol. The Bertz CT molecular complexity index is 487. The average Bonchev–Trinajstić information content (AvgIpc) is 2.73. The first-order chi connectivity index (χ1) is 7.84. The van der Waals surface area contributed by atoms with Crippen LogP contribution in [0.5, 0.6) is 0 Å². The Hall–Kier alpha value is -1.61. The van der Waals surface area contributed by atoms with Crippen LogP contribution in [-0.4, -0.2) is 15.6 Å². The molecule has 0 radical (unpaired) electrons. The van der Waals surface area contributed by atoms with E-state index in [0.29, 0.717) is 0 Å². The zero-order chi connectivity index (χ0) is 11.0. The van der Waals surface area contributed by atoms with Crippen LogP contribution in [0.1, 0.15) is 12.2 Å². The van der Waals surface area contributed by atoms with Crippen LogP contribution in [0, 0.1) is 0 Å². The molecule has 0 aliphatic carbocycles. The van der Waals surface area contributed by atoms with Crippen molar-refractivity contribution in [2.75, 3.05) is 0 Å². The predicted molar refractivity (Wildman–Crippen MR) is 64.0 cm³/mol. The Kier molecular flexibility index (Phi) is 2.26. The zero-order valence-electron chi connectivity index (χ0n) is 9.13. The molecule has 0 fully saturated rings. The molecule has 3 rings (SSSR count). The molecule has 1 aliphatic rings. The summed E-state index contributed by atoms with van der Waals surface area (Å²) < 4.78 is 2.29. The highest BCUT2D eigenvalue weighted by Crippen LogP contribution is 2.24. The molecule has 0 saturated carbocycles. The van der Waals surface area contributed by atoms with Gasteiger partial charge in [0.1, 0.15) is 5.82 Å². The first-order valence-corrected chi connectivity index (χ1v) is 5.70. The molecule has 1 unspecified atom stereocenters. The lowest BCUT2D eigenvalue weighted by atomic mass is 10.1. The van der Waals surface area contributed by atoms with Crippen molar-refractivity contribution in [2.45, 2.75) is 25.4 Å². The van der Waals surface area contributed by atoms with Crippen LogP contribution in [0.4, 0.5) is 0 Å². The van der Waals surface area contributed by atoms with E-state index in [0.717, 1.165) is 25.2 Å². The largest absolute Gasteiger partial charge is 0.328 e. The SMILES string of the molecule is NC1CCn2c(-c3ccccc3)cnc2C1. The van der Waals surface area contributed by atoms with Crippen LogP contribution in [0.2, 0.25) is 0 Å². The molecule has 2 heterocycles. The van der Waals surface area contributed by atoms with Crippen LogP contribution in [0.3, 0.4) is 0 Å². The lowest BCUT2D eigenvalue weighted by Crippen LogP contribution is -2.31. The van der Waals surface area contributed by atoms with Gasteiger partial charge in [0.2, 0.25) is 0 Å². The molecule has 3 nitrogen and oxygen atoms in total. The fourth-order valence-corrected chi connectivity index (χ4v) is 2.30. The van der Waals surface area contributed by atoms with Gasteiger partial charge in [-0.3, -0.25) is 0 Å². The van der Waals surface area contributed by atoms with Crippen LogP contribution in [0.25, 0.3) is 11.3 Å². The number of benzene rings is 1. The summed E-state index contributed by atoms with van der Waals surface area (Å²) in [4.78, 5) is 4.47. The molecule has 3 heteroatoms. The summed E-state index contributed by atoms with van der Waals surface area (Å²) in [6.45, 7) is 0.987. The zero-order valence-corrected chi connectivity index (χ0v) is 9.13. The molecule has 2 N–H and O–H groups in total. The molecule has 82 valence electrons. The van der Waals surface area contributed by atoms with Crippen LogP contribution in [-0.2, 0) is 13.0 Å². The normalized spacial score (nSPS) is 19.4. The number of hydrogen-bond donors (Lipinski definition) is 1. The van der Waals surface area contributed by atoms with Crippen LogP contribution >= 0.6 is 0 Å². The molecule has 1 aromatic heterocycles. The number of fused-ring (bicyclic) bond motifs is 1. The second kappa shape index (κ2) is 3.76. The number of nitrogens with two attached hydrogens (primary N) is 1. The molecule has 0 saturated heterocycles. The number of nitrogens with zero attached hydrogens (tertiary/aromatic N) is 2.